The van der Waals surface area contributed by atoms with Gasteiger partial charge in [0.05, 0.1) is 4.88 Å². The zero-order valence-electron chi connectivity index (χ0n) is 10.2. The van der Waals surface area contributed by atoms with E-state index in [-0.39, 0.29) is 18.3 Å². The quantitative estimate of drug-likeness (QED) is 0.887. The molecule has 1 aliphatic rings. The highest BCUT2D eigenvalue weighted by molar-refractivity contribution is 7.14. The van der Waals surface area contributed by atoms with Crippen molar-refractivity contribution in [3.8, 4) is 0 Å². The van der Waals surface area contributed by atoms with Crippen LogP contribution in [0, 0.1) is 19.8 Å². The average molecular weight is 275 g/mol. The average Bonchev–Trinajstić information content (AvgIpc) is 2.86. The minimum Gasteiger partial charge on any atom is -0.351 e. The van der Waals surface area contributed by atoms with Crippen molar-refractivity contribution in [3.05, 3.63) is 21.4 Å². The zero-order chi connectivity index (χ0) is 11.5. The minimum atomic E-state index is 0. The molecule has 2 heterocycles. The number of carbonyl (C=O) groups excluding carboxylic acids is 1. The second-order valence-electron chi connectivity index (χ2n) is 4.42. The van der Waals surface area contributed by atoms with Gasteiger partial charge >= 0.3 is 0 Å². The van der Waals surface area contributed by atoms with Crippen LogP contribution in [0.15, 0.2) is 6.07 Å². The molecule has 5 heteroatoms. The highest BCUT2D eigenvalue weighted by Crippen LogP contribution is 2.20. The molecule has 2 rings (SSSR count). The molecule has 3 nitrogen and oxygen atoms in total. The van der Waals surface area contributed by atoms with Crippen LogP contribution in [0.1, 0.15) is 26.5 Å². The number of amides is 1. The second kappa shape index (κ2) is 6.38. The molecular weight excluding hydrogens is 256 g/mol. The fourth-order valence-corrected chi connectivity index (χ4v) is 2.85. The minimum absolute atomic E-state index is 0. The number of halogens is 1. The Labute approximate surface area is 112 Å². The summed E-state index contributed by atoms with van der Waals surface area (Å²) in [5.74, 6) is 0.680. The van der Waals surface area contributed by atoms with E-state index >= 15 is 0 Å². The molecule has 1 aromatic rings. The van der Waals surface area contributed by atoms with Gasteiger partial charge in [0.1, 0.15) is 0 Å². The lowest BCUT2D eigenvalue weighted by molar-refractivity contribution is 0.0952. The Morgan fingerprint density at radius 3 is 2.88 bits per heavy atom. The summed E-state index contributed by atoms with van der Waals surface area (Å²) in [5, 5.41) is 6.31. The van der Waals surface area contributed by atoms with Gasteiger partial charge in [-0.1, -0.05) is 0 Å². The summed E-state index contributed by atoms with van der Waals surface area (Å²) in [5.41, 5.74) is 1.21. The first-order valence-electron chi connectivity index (χ1n) is 5.73. The number of hydrogen-bond acceptors (Lipinski definition) is 3. The van der Waals surface area contributed by atoms with Crippen LogP contribution in [0.2, 0.25) is 0 Å². The second-order valence-corrected chi connectivity index (χ2v) is 5.68. The largest absolute Gasteiger partial charge is 0.351 e. The molecule has 0 aliphatic carbocycles. The highest BCUT2D eigenvalue weighted by Gasteiger charge is 2.16. The topological polar surface area (TPSA) is 41.1 Å². The monoisotopic (exact) mass is 274 g/mol. The van der Waals surface area contributed by atoms with E-state index in [9.17, 15) is 4.79 Å². The van der Waals surface area contributed by atoms with Crippen molar-refractivity contribution in [2.24, 2.45) is 5.92 Å². The summed E-state index contributed by atoms with van der Waals surface area (Å²) in [4.78, 5) is 13.9. The van der Waals surface area contributed by atoms with Gasteiger partial charge in [-0.3, -0.25) is 4.79 Å². The molecule has 0 spiro atoms. The van der Waals surface area contributed by atoms with Crippen molar-refractivity contribution in [3.63, 3.8) is 0 Å². The molecular formula is C12H19ClN2OS. The van der Waals surface area contributed by atoms with Crippen LogP contribution >= 0.6 is 23.7 Å². The number of carbonyl (C=O) groups is 1. The first kappa shape index (κ1) is 14.5. The van der Waals surface area contributed by atoms with Gasteiger partial charge in [-0.05, 0) is 50.9 Å². The van der Waals surface area contributed by atoms with Gasteiger partial charge in [0.2, 0.25) is 0 Å². The zero-order valence-corrected chi connectivity index (χ0v) is 11.8. The molecule has 1 fully saturated rings. The number of nitrogens with one attached hydrogen (secondary N) is 2. The maximum atomic E-state index is 11.8. The molecule has 17 heavy (non-hydrogen) atoms. The summed E-state index contributed by atoms with van der Waals surface area (Å²) in [7, 11) is 0. The third kappa shape index (κ3) is 3.69. The van der Waals surface area contributed by atoms with Crippen molar-refractivity contribution < 1.29 is 4.79 Å². The Kier molecular flexibility index (Phi) is 5.43. The van der Waals surface area contributed by atoms with Gasteiger partial charge < -0.3 is 10.6 Å². The van der Waals surface area contributed by atoms with Gasteiger partial charge in [-0.25, -0.2) is 0 Å². The number of thiophene rings is 1. The molecule has 1 amide bonds. The smallest absolute Gasteiger partial charge is 0.261 e. The number of hydrogen-bond donors (Lipinski definition) is 2. The summed E-state index contributed by atoms with van der Waals surface area (Å²) < 4.78 is 0. The SMILES string of the molecule is Cc1cc(C(=O)NCC2CCNC2)sc1C.Cl. The van der Waals surface area contributed by atoms with Gasteiger partial charge in [0.15, 0.2) is 0 Å². The van der Waals surface area contributed by atoms with E-state index in [0.29, 0.717) is 5.92 Å². The molecule has 1 aromatic heterocycles. The molecule has 0 bridgehead atoms. The third-order valence-electron chi connectivity index (χ3n) is 3.10. The maximum Gasteiger partial charge on any atom is 0.261 e. The summed E-state index contributed by atoms with van der Waals surface area (Å²) in [6.45, 7) is 7.00. The highest BCUT2D eigenvalue weighted by atomic mass is 35.5. The number of rotatable bonds is 3. The summed E-state index contributed by atoms with van der Waals surface area (Å²) in [6.07, 6.45) is 1.17. The van der Waals surface area contributed by atoms with Crippen molar-refractivity contribution in [2.45, 2.75) is 20.3 Å². The summed E-state index contributed by atoms with van der Waals surface area (Å²) in [6, 6.07) is 1.97. The fourth-order valence-electron chi connectivity index (χ4n) is 1.90. The van der Waals surface area contributed by atoms with Crippen LogP contribution in [-0.4, -0.2) is 25.5 Å². The lowest BCUT2D eigenvalue weighted by atomic mass is 10.1. The van der Waals surface area contributed by atoms with Crippen molar-refractivity contribution >= 4 is 29.7 Å². The van der Waals surface area contributed by atoms with Crippen LogP contribution in [-0.2, 0) is 0 Å². The predicted octanol–water partition coefficient (Wildman–Crippen LogP) is 2.13. The van der Waals surface area contributed by atoms with E-state index in [1.54, 1.807) is 11.3 Å². The van der Waals surface area contributed by atoms with Gasteiger partial charge in [-0.15, -0.1) is 23.7 Å². The first-order chi connectivity index (χ1) is 7.66. The Morgan fingerprint density at radius 1 is 1.59 bits per heavy atom. The van der Waals surface area contributed by atoms with E-state index in [4.69, 9.17) is 0 Å². The Hall–Kier alpha value is -0.580. The molecule has 1 saturated heterocycles. The summed E-state index contributed by atoms with van der Waals surface area (Å²) >= 11 is 1.58. The van der Waals surface area contributed by atoms with E-state index in [2.05, 4.69) is 17.6 Å². The van der Waals surface area contributed by atoms with E-state index in [0.717, 1.165) is 24.5 Å². The molecule has 0 saturated carbocycles. The van der Waals surface area contributed by atoms with Crippen LogP contribution in [0.25, 0.3) is 0 Å². The lowest BCUT2D eigenvalue weighted by Gasteiger charge is -2.08. The van der Waals surface area contributed by atoms with Gasteiger partial charge in [-0.2, -0.15) is 0 Å². The Morgan fingerprint density at radius 2 is 2.35 bits per heavy atom. The Balaban J connectivity index is 0.00000144. The standard InChI is InChI=1S/C12H18N2OS.ClH/c1-8-5-11(16-9(8)2)12(15)14-7-10-3-4-13-6-10;/h5,10,13H,3-4,6-7H2,1-2H3,(H,14,15);1H. The molecule has 0 radical (unpaired) electrons. The first-order valence-corrected chi connectivity index (χ1v) is 6.54. The third-order valence-corrected chi connectivity index (χ3v) is 4.25. The van der Waals surface area contributed by atoms with E-state index < -0.39 is 0 Å². The normalized spacial score (nSPS) is 18.8. The molecule has 2 N–H and O–H groups in total. The van der Waals surface area contributed by atoms with Crippen LogP contribution < -0.4 is 10.6 Å². The van der Waals surface area contributed by atoms with Crippen molar-refractivity contribution in [2.75, 3.05) is 19.6 Å². The molecule has 1 unspecified atom stereocenters. The lowest BCUT2D eigenvalue weighted by Crippen LogP contribution is -2.29. The Bertz CT molecular complexity index is 366. The maximum absolute atomic E-state index is 11.8. The predicted molar refractivity (Wildman–Crippen MR) is 74.4 cm³/mol. The molecule has 1 aliphatic heterocycles. The molecule has 0 aromatic carbocycles. The van der Waals surface area contributed by atoms with Crippen molar-refractivity contribution in [1.29, 1.82) is 0 Å². The van der Waals surface area contributed by atoms with Crippen LogP contribution in [0.3, 0.4) is 0 Å². The molecule has 96 valence electrons. The fraction of sp³-hybridized carbons (Fsp3) is 0.583. The van der Waals surface area contributed by atoms with E-state index in [1.807, 2.05) is 13.0 Å². The van der Waals surface area contributed by atoms with Crippen LogP contribution in [0.4, 0.5) is 0 Å². The number of aryl methyl sites for hydroxylation is 2. The van der Waals surface area contributed by atoms with Gasteiger partial charge in [0, 0.05) is 11.4 Å². The van der Waals surface area contributed by atoms with E-state index in [1.165, 1.54) is 16.9 Å². The molecule has 1 atom stereocenters. The van der Waals surface area contributed by atoms with Gasteiger partial charge in [0.25, 0.3) is 5.91 Å². The van der Waals surface area contributed by atoms with Crippen molar-refractivity contribution in [1.82, 2.24) is 10.6 Å². The van der Waals surface area contributed by atoms with Crippen LogP contribution in [0.5, 0.6) is 0 Å².